The molecule has 0 spiro atoms. The third kappa shape index (κ3) is 2.60. The average Bonchev–Trinajstić information content (AvgIpc) is 3.08. The number of aromatic amines is 1. The molecule has 0 amide bonds. The number of carboxylic acids is 1. The molecule has 0 aliphatic carbocycles. The van der Waals surface area contributed by atoms with Gasteiger partial charge in [-0.2, -0.15) is 5.10 Å². The van der Waals surface area contributed by atoms with Crippen molar-refractivity contribution < 1.29 is 14.6 Å². The molecule has 0 aliphatic rings. The van der Waals surface area contributed by atoms with E-state index in [0.29, 0.717) is 18.0 Å². The largest absolute Gasteiger partial charge is 0.497 e. The van der Waals surface area contributed by atoms with Crippen molar-refractivity contribution in [1.82, 2.24) is 14.8 Å². The molecule has 2 heterocycles. The van der Waals surface area contributed by atoms with Crippen LogP contribution in [0.25, 0.3) is 10.9 Å². The molecule has 6 nitrogen and oxygen atoms in total. The summed E-state index contributed by atoms with van der Waals surface area (Å²) in [5, 5.41) is 14.3. The number of carboxylic acid groups (broad SMARTS) is 1. The molecular formula is C15H15N3O3. The predicted octanol–water partition coefficient (Wildman–Crippen LogP) is 2.05. The normalized spacial score (nSPS) is 10.9. The second kappa shape index (κ2) is 5.32. The summed E-state index contributed by atoms with van der Waals surface area (Å²) < 4.78 is 7.01. The van der Waals surface area contributed by atoms with Gasteiger partial charge in [-0.1, -0.05) is 0 Å². The van der Waals surface area contributed by atoms with Gasteiger partial charge in [0, 0.05) is 17.3 Å². The van der Waals surface area contributed by atoms with E-state index < -0.39 is 5.97 Å². The quantitative estimate of drug-likeness (QED) is 0.752. The maximum absolute atomic E-state index is 11.0. The molecule has 1 aromatic carbocycles. The molecule has 0 atom stereocenters. The summed E-state index contributed by atoms with van der Waals surface area (Å²) in [5.74, 6) is -0.210. The number of rotatable bonds is 5. The smallest absolute Gasteiger partial charge is 0.309 e. The number of aliphatic carboxylic acids is 1. The molecule has 0 saturated heterocycles. The Kier molecular flexibility index (Phi) is 3.35. The van der Waals surface area contributed by atoms with Gasteiger partial charge in [-0.3, -0.25) is 9.48 Å². The van der Waals surface area contributed by atoms with E-state index in [1.54, 1.807) is 11.8 Å². The highest BCUT2D eigenvalue weighted by Gasteiger charge is 2.14. The summed E-state index contributed by atoms with van der Waals surface area (Å²) in [4.78, 5) is 14.1. The number of hydrogen-bond donors (Lipinski definition) is 2. The molecule has 6 heteroatoms. The number of methoxy groups -OCH3 is 1. The van der Waals surface area contributed by atoms with Crippen LogP contribution in [0.4, 0.5) is 0 Å². The lowest BCUT2D eigenvalue weighted by atomic mass is 10.1. The van der Waals surface area contributed by atoms with Crippen molar-refractivity contribution in [1.29, 1.82) is 0 Å². The lowest BCUT2D eigenvalue weighted by Gasteiger charge is -2.03. The molecule has 108 valence electrons. The van der Waals surface area contributed by atoms with E-state index in [-0.39, 0.29) is 6.42 Å². The second-order valence-corrected chi connectivity index (χ2v) is 4.75. The Balaban J connectivity index is 2.09. The second-order valence-electron chi connectivity index (χ2n) is 4.75. The fourth-order valence-electron chi connectivity index (χ4n) is 2.37. The highest BCUT2D eigenvalue weighted by atomic mass is 16.5. The summed E-state index contributed by atoms with van der Waals surface area (Å²) >= 11 is 0. The number of aromatic nitrogens is 3. The Labute approximate surface area is 121 Å². The lowest BCUT2D eigenvalue weighted by Crippen LogP contribution is -2.05. The van der Waals surface area contributed by atoms with Gasteiger partial charge in [-0.05, 0) is 30.3 Å². The standard InChI is InChI=1S/C15H15N3O3/c1-21-11-4-5-14-12(7-11)13(8-15(19)20)17-18(14)9-10-3-2-6-16-10/h2-7,16H,8-9H2,1H3,(H,19,20). The van der Waals surface area contributed by atoms with Gasteiger partial charge in [0.1, 0.15) is 5.75 Å². The van der Waals surface area contributed by atoms with Gasteiger partial charge in [0.15, 0.2) is 0 Å². The third-order valence-electron chi connectivity index (χ3n) is 3.34. The number of nitrogens with zero attached hydrogens (tertiary/aromatic N) is 2. The number of hydrogen-bond acceptors (Lipinski definition) is 3. The van der Waals surface area contributed by atoms with Gasteiger partial charge in [-0.15, -0.1) is 0 Å². The highest BCUT2D eigenvalue weighted by Crippen LogP contribution is 2.25. The summed E-state index contributed by atoms with van der Waals surface area (Å²) in [6.07, 6.45) is 1.74. The Morgan fingerprint density at radius 1 is 1.43 bits per heavy atom. The zero-order valence-corrected chi connectivity index (χ0v) is 11.5. The molecule has 2 aromatic heterocycles. The van der Waals surface area contributed by atoms with E-state index in [4.69, 9.17) is 9.84 Å². The minimum Gasteiger partial charge on any atom is -0.497 e. The van der Waals surface area contributed by atoms with Crippen LogP contribution in [-0.2, 0) is 17.8 Å². The fourth-order valence-corrected chi connectivity index (χ4v) is 2.37. The molecular weight excluding hydrogens is 270 g/mol. The van der Waals surface area contributed by atoms with Gasteiger partial charge in [0.2, 0.25) is 0 Å². The zero-order chi connectivity index (χ0) is 14.8. The van der Waals surface area contributed by atoms with Crippen molar-refractivity contribution in [2.24, 2.45) is 0 Å². The summed E-state index contributed by atoms with van der Waals surface area (Å²) in [6.45, 7) is 0.565. The number of ether oxygens (including phenoxy) is 1. The fraction of sp³-hybridized carbons (Fsp3) is 0.200. The molecule has 0 fully saturated rings. The molecule has 3 rings (SSSR count). The van der Waals surface area contributed by atoms with Crippen molar-refractivity contribution in [3.63, 3.8) is 0 Å². The molecule has 3 aromatic rings. The van der Waals surface area contributed by atoms with E-state index in [0.717, 1.165) is 16.6 Å². The van der Waals surface area contributed by atoms with Gasteiger partial charge < -0.3 is 14.8 Å². The lowest BCUT2D eigenvalue weighted by molar-refractivity contribution is -0.136. The molecule has 0 aliphatic heterocycles. The number of H-pyrrole nitrogens is 1. The van der Waals surface area contributed by atoms with Crippen molar-refractivity contribution in [3.05, 3.63) is 47.9 Å². The Bertz CT molecular complexity index is 775. The number of fused-ring (bicyclic) bond motifs is 1. The SMILES string of the molecule is COc1ccc2c(c1)c(CC(=O)O)nn2Cc1ccc[nH]1. The van der Waals surface area contributed by atoms with Crippen LogP contribution < -0.4 is 4.74 Å². The maximum Gasteiger partial charge on any atom is 0.309 e. The average molecular weight is 285 g/mol. The van der Waals surface area contributed by atoms with Crippen LogP contribution in [0.5, 0.6) is 5.75 Å². The molecule has 21 heavy (non-hydrogen) atoms. The van der Waals surface area contributed by atoms with E-state index in [1.165, 1.54) is 0 Å². The van der Waals surface area contributed by atoms with Crippen molar-refractivity contribution >= 4 is 16.9 Å². The van der Waals surface area contributed by atoms with Crippen LogP contribution in [0.3, 0.4) is 0 Å². The van der Waals surface area contributed by atoms with Gasteiger partial charge in [0.25, 0.3) is 0 Å². The van der Waals surface area contributed by atoms with Crippen LogP contribution in [0.1, 0.15) is 11.4 Å². The van der Waals surface area contributed by atoms with Crippen molar-refractivity contribution in [2.75, 3.05) is 7.11 Å². The topological polar surface area (TPSA) is 80.1 Å². The van der Waals surface area contributed by atoms with Crippen LogP contribution >= 0.6 is 0 Å². The van der Waals surface area contributed by atoms with Crippen LogP contribution in [-0.4, -0.2) is 33.0 Å². The van der Waals surface area contributed by atoms with Crippen molar-refractivity contribution in [2.45, 2.75) is 13.0 Å². The van der Waals surface area contributed by atoms with Gasteiger partial charge >= 0.3 is 5.97 Å². The first kappa shape index (κ1) is 13.2. The summed E-state index contributed by atoms with van der Waals surface area (Å²) in [5.41, 5.74) is 2.45. The van der Waals surface area contributed by atoms with Crippen LogP contribution in [0.2, 0.25) is 0 Å². The first-order valence-corrected chi connectivity index (χ1v) is 6.55. The predicted molar refractivity (Wildman–Crippen MR) is 77.5 cm³/mol. The zero-order valence-electron chi connectivity index (χ0n) is 11.5. The van der Waals surface area contributed by atoms with E-state index in [9.17, 15) is 4.79 Å². The summed E-state index contributed by atoms with van der Waals surface area (Å²) in [7, 11) is 1.58. The Hall–Kier alpha value is -2.76. The molecule has 2 N–H and O–H groups in total. The molecule has 0 unspecified atom stereocenters. The third-order valence-corrected chi connectivity index (χ3v) is 3.34. The van der Waals surface area contributed by atoms with E-state index >= 15 is 0 Å². The highest BCUT2D eigenvalue weighted by molar-refractivity contribution is 5.86. The monoisotopic (exact) mass is 285 g/mol. The minimum absolute atomic E-state index is 0.110. The summed E-state index contributed by atoms with van der Waals surface area (Å²) in [6, 6.07) is 9.46. The van der Waals surface area contributed by atoms with Crippen molar-refractivity contribution in [3.8, 4) is 5.75 Å². The number of nitrogens with one attached hydrogen (secondary N) is 1. The van der Waals surface area contributed by atoms with E-state index in [2.05, 4.69) is 10.1 Å². The molecule has 0 saturated carbocycles. The van der Waals surface area contributed by atoms with E-state index in [1.807, 2.05) is 36.5 Å². The first-order chi connectivity index (χ1) is 10.2. The Morgan fingerprint density at radius 3 is 2.95 bits per heavy atom. The first-order valence-electron chi connectivity index (χ1n) is 6.55. The molecule has 0 bridgehead atoms. The number of carbonyl (C=O) groups is 1. The maximum atomic E-state index is 11.0. The minimum atomic E-state index is -0.899. The van der Waals surface area contributed by atoms with Gasteiger partial charge in [0.05, 0.1) is 31.3 Å². The van der Waals surface area contributed by atoms with Crippen LogP contribution in [0, 0.1) is 0 Å². The Morgan fingerprint density at radius 2 is 2.29 bits per heavy atom. The van der Waals surface area contributed by atoms with Gasteiger partial charge in [-0.25, -0.2) is 0 Å². The molecule has 0 radical (unpaired) electrons. The number of benzene rings is 1. The van der Waals surface area contributed by atoms with Crippen LogP contribution in [0.15, 0.2) is 36.5 Å².